The smallest absolute Gasteiger partial charge is 0.0577 e. The van der Waals surface area contributed by atoms with Crippen molar-refractivity contribution in [1.29, 1.82) is 0 Å². The zero-order valence-corrected chi connectivity index (χ0v) is 11.9. The fourth-order valence-corrected chi connectivity index (χ4v) is 3.67. The third-order valence-electron chi connectivity index (χ3n) is 3.75. The van der Waals surface area contributed by atoms with E-state index in [-0.39, 0.29) is 0 Å². The number of nitrogens with one attached hydrogen (secondary N) is 1. The van der Waals surface area contributed by atoms with Crippen molar-refractivity contribution >= 4 is 27.1 Å². The highest BCUT2D eigenvalue weighted by Crippen LogP contribution is 2.32. The lowest BCUT2D eigenvalue weighted by Gasteiger charge is -2.30. The van der Waals surface area contributed by atoms with Gasteiger partial charge in [-0.3, -0.25) is 0 Å². The Morgan fingerprint density at radius 2 is 2.06 bits per heavy atom. The molecule has 1 aromatic heterocycles. The topological polar surface area (TPSA) is 15.3 Å². The highest BCUT2D eigenvalue weighted by atomic mass is 32.1. The van der Waals surface area contributed by atoms with Crippen molar-refractivity contribution in [2.75, 3.05) is 25.5 Å². The van der Waals surface area contributed by atoms with Crippen LogP contribution in [-0.4, -0.2) is 31.1 Å². The molecule has 3 rings (SSSR count). The fraction of sp³-hybridized carbons (Fsp3) is 0.467. The van der Waals surface area contributed by atoms with Gasteiger partial charge in [-0.2, -0.15) is 0 Å². The number of piperidine rings is 1. The van der Waals surface area contributed by atoms with E-state index in [1.54, 1.807) is 0 Å². The molecule has 0 unspecified atom stereocenters. The van der Waals surface area contributed by atoms with Gasteiger partial charge in [0.15, 0.2) is 0 Å². The molecule has 0 bridgehead atoms. The Hall–Kier alpha value is -1.06. The van der Waals surface area contributed by atoms with Gasteiger partial charge in [-0.1, -0.05) is 12.1 Å². The normalized spacial score (nSPS) is 18.3. The van der Waals surface area contributed by atoms with Gasteiger partial charge in [0.2, 0.25) is 0 Å². The van der Waals surface area contributed by atoms with Crippen LogP contribution in [0.15, 0.2) is 24.3 Å². The molecule has 0 atom stereocenters. The van der Waals surface area contributed by atoms with Crippen molar-refractivity contribution in [3.05, 3.63) is 29.1 Å². The number of anilines is 1. The maximum atomic E-state index is 3.74. The predicted octanol–water partition coefficient (Wildman–Crippen LogP) is 3.72. The van der Waals surface area contributed by atoms with Crippen LogP contribution in [0.5, 0.6) is 0 Å². The molecular weight excluding hydrogens is 240 g/mol. The third kappa shape index (κ3) is 2.38. The van der Waals surface area contributed by atoms with E-state index in [4.69, 9.17) is 0 Å². The van der Waals surface area contributed by atoms with Crippen molar-refractivity contribution in [3.63, 3.8) is 0 Å². The third-order valence-corrected chi connectivity index (χ3v) is 4.85. The van der Waals surface area contributed by atoms with Gasteiger partial charge < -0.3 is 10.2 Å². The Balaban J connectivity index is 1.82. The molecular formula is C15H20N2S. The lowest BCUT2D eigenvalue weighted by Crippen LogP contribution is -2.36. The first kappa shape index (κ1) is 12.0. The van der Waals surface area contributed by atoms with Gasteiger partial charge in [0.05, 0.1) is 10.4 Å². The molecule has 1 fully saturated rings. The van der Waals surface area contributed by atoms with Crippen molar-refractivity contribution in [3.8, 4) is 0 Å². The van der Waals surface area contributed by atoms with Crippen LogP contribution in [-0.2, 0) is 0 Å². The number of nitrogens with zero attached hydrogens (tertiary/aromatic N) is 1. The van der Waals surface area contributed by atoms with E-state index in [9.17, 15) is 0 Å². The molecule has 1 aromatic carbocycles. The molecule has 2 aromatic rings. The van der Waals surface area contributed by atoms with Crippen LogP contribution in [0.25, 0.3) is 10.1 Å². The lowest BCUT2D eigenvalue weighted by molar-refractivity contribution is 0.264. The Morgan fingerprint density at radius 1 is 1.28 bits per heavy atom. The first-order valence-electron chi connectivity index (χ1n) is 6.66. The summed E-state index contributed by atoms with van der Waals surface area (Å²) in [6, 6.07) is 9.50. The predicted molar refractivity (Wildman–Crippen MR) is 80.7 cm³/mol. The highest BCUT2D eigenvalue weighted by molar-refractivity contribution is 7.19. The van der Waals surface area contributed by atoms with E-state index in [1.807, 2.05) is 11.3 Å². The number of thiophene rings is 1. The van der Waals surface area contributed by atoms with Crippen LogP contribution in [0.2, 0.25) is 0 Å². The molecule has 0 spiro atoms. The van der Waals surface area contributed by atoms with Crippen LogP contribution in [0.3, 0.4) is 0 Å². The summed E-state index contributed by atoms with van der Waals surface area (Å²) in [6.45, 7) is 4.60. The summed E-state index contributed by atoms with van der Waals surface area (Å²) in [7, 11) is 2.21. The summed E-state index contributed by atoms with van der Waals surface area (Å²) in [6.07, 6.45) is 2.49. The molecule has 1 N–H and O–H groups in total. The van der Waals surface area contributed by atoms with Crippen molar-refractivity contribution in [1.82, 2.24) is 4.90 Å². The minimum atomic E-state index is 0.634. The summed E-state index contributed by atoms with van der Waals surface area (Å²) in [4.78, 5) is 3.80. The monoisotopic (exact) mass is 260 g/mol. The number of fused-ring (bicyclic) bond motifs is 1. The second-order valence-corrected chi connectivity index (χ2v) is 6.56. The summed E-state index contributed by atoms with van der Waals surface area (Å²) >= 11 is 1.89. The summed E-state index contributed by atoms with van der Waals surface area (Å²) in [5, 5.41) is 5.11. The number of aryl methyl sites for hydroxylation is 1. The van der Waals surface area contributed by atoms with Crippen LogP contribution >= 0.6 is 11.3 Å². The average Bonchev–Trinajstić information content (AvgIpc) is 2.73. The van der Waals surface area contributed by atoms with Crippen LogP contribution in [0.1, 0.15) is 17.7 Å². The van der Waals surface area contributed by atoms with Gasteiger partial charge in [-0.05, 0) is 57.4 Å². The Labute approximate surface area is 113 Å². The van der Waals surface area contributed by atoms with Crippen LogP contribution in [0.4, 0.5) is 5.69 Å². The van der Waals surface area contributed by atoms with Crippen molar-refractivity contribution < 1.29 is 0 Å². The molecule has 0 aliphatic carbocycles. The number of likely N-dealkylation sites (tertiary alicyclic amines) is 1. The van der Waals surface area contributed by atoms with Gasteiger partial charge >= 0.3 is 0 Å². The zero-order chi connectivity index (χ0) is 12.5. The molecule has 1 saturated heterocycles. The second-order valence-electron chi connectivity index (χ2n) is 5.30. The highest BCUT2D eigenvalue weighted by Gasteiger charge is 2.17. The number of hydrogen-bond acceptors (Lipinski definition) is 3. The molecule has 0 amide bonds. The summed E-state index contributed by atoms with van der Waals surface area (Å²) < 4.78 is 1.41. The Kier molecular flexibility index (Phi) is 3.27. The quantitative estimate of drug-likeness (QED) is 0.885. The Bertz CT molecular complexity index is 538. The van der Waals surface area contributed by atoms with Gasteiger partial charge in [0.25, 0.3) is 0 Å². The average molecular weight is 260 g/mol. The molecule has 2 heterocycles. The van der Waals surface area contributed by atoms with Gasteiger partial charge in [0.1, 0.15) is 0 Å². The summed E-state index contributed by atoms with van der Waals surface area (Å²) in [5.41, 5.74) is 1.32. The van der Waals surface area contributed by atoms with Crippen LogP contribution in [0, 0.1) is 6.92 Å². The maximum absolute atomic E-state index is 3.74. The largest absolute Gasteiger partial charge is 0.381 e. The molecule has 2 nitrogen and oxygen atoms in total. The Morgan fingerprint density at radius 3 is 2.83 bits per heavy atom. The number of benzene rings is 1. The van der Waals surface area contributed by atoms with Gasteiger partial charge in [-0.15, -0.1) is 11.3 Å². The minimum Gasteiger partial charge on any atom is -0.381 e. The van der Waals surface area contributed by atoms with E-state index in [0.717, 1.165) is 0 Å². The maximum Gasteiger partial charge on any atom is 0.0577 e. The van der Waals surface area contributed by atoms with Crippen molar-refractivity contribution in [2.45, 2.75) is 25.8 Å². The molecule has 18 heavy (non-hydrogen) atoms. The minimum absolute atomic E-state index is 0.634. The molecule has 1 aliphatic rings. The van der Waals surface area contributed by atoms with Crippen molar-refractivity contribution in [2.24, 2.45) is 0 Å². The lowest BCUT2D eigenvalue weighted by atomic mass is 10.1. The number of rotatable bonds is 2. The molecule has 96 valence electrons. The number of hydrogen-bond donors (Lipinski definition) is 1. The SMILES string of the molecule is Cc1cc2cccc(NC3CCN(C)CC3)c2s1. The van der Waals surface area contributed by atoms with Gasteiger partial charge in [0, 0.05) is 10.9 Å². The zero-order valence-electron chi connectivity index (χ0n) is 11.1. The summed E-state index contributed by atoms with van der Waals surface area (Å²) in [5.74, 6) is 0. The fourth-order valence-electron chi connectivity index (χ4n) is 2.68. The van der Waals surface area contributed by atoms with E-state index >= 15 is 0 Å². The molecule has 0 radical (unpaired) electrons. The van der Waals surface area contributed by atoms with E-state index in [0.29, 0.717) is 6.04 Å². The molecule has 3 heteroatoms. The van der Waals surface area contributed by atoms with E-state index in [2.05, 4.69) is 48.5 Å². The first-order chi connectivity index (χ1) is 8.72. The van der Waals surface area contributed by atoms with Crippen LogP contribution < -0.4 is 5.32 Å². The van der Waals surface area contributed by atoms with E-state index in [1.165, 1.54) is 46.6 Å². The molecule has 1 aliphatic heterocycles. The standard InChI is InChI=1S/C15H20N2S/c1-11-10-12-4-3-5-14(15(12)18-11)16-13-6-8-17(2)9-7-13/h3-5,10,13,16H,6-9H2,1-2H3. The van der Waals surface area contributed by atoms with E-state index < -0.39 is 0 Å². The first-order valence-corrected chi connectivity index (χ1v) is 7.48. The van der Waals surface area contributed by atoms with Gasteiger partial charge in [-0.25, -0.2) is 0 Å². The molecule has 0 saturated carbocycles. The second kappa shape index (κ2) is 4.90.